The first-order valence-corrected chi connectivity index (χ1v) is 6.80. The molecule has 110 valence electrons. The van der Waals surface area contributed by atoms with E-state index in [1.165, 1.54) is 18.2 Å². The smallest absolute Gasteiger partial charge is 0.313 e. The van der Waals surface area contributed by atoms with Crippen molar-refractivity contribution in [3.8, 4) is 11.5 Å². The lowest BCUT2D eigenvalue weighted by atomic mass is 10.1. The zero-order valence-electron chi connectivity index (χ0n) is 11.3. The molecule has 0 spiro atoms. The lowest BCUT2D eigenvalue weighted by molar-refractivity contribution is -0.385. The number of benzene rings is 2. The second-order valence-corrected chi connectivity index (χ2v) is 4.82. The Morgan fingerprint density at radius 3 is 2.67 bits per heavy atom. The molecule has 0 bridgehead atoms. The summed E-state index contributed by atoms with van der Waals surface area (Å²) in [6.07, 6.45) is -0.201. The fourth-order valence-electron chi connectivity index (χ4n) is 1.92. The molecule has 0 saturated carbocycles. The van der Waals surface area contributed by atoms with Gasteiger partial charge >= 0.3 is 5.69 Å². The Morgan fingerprint density at radius 1 is 1.29 bits per heavy atom. The van der Waals surface area contributed by atoms with Crippen LogP contribution in [-0.4, -0.2) is 10.0 Å². The van der Waals surface area contributed by atoms with Crippen molar-refractivity contribution < 1.29 is 14.8 Å². The number of nitrogens with zero attached hydrogens (tertiary/aromatic N) is 1. The minimum Gasteiger partial charge on any atom is -0.448 e. The summed E-state index contributed by atoms with van der Waals surface area (Å²) in [5, 5.41) is 21.2. The number of ether oxygens (including phenoxy) is 1. The van der Waals surface area contributed by atoms with Crippen molar-refractivity contribution in [3.63, 3.8) is 0 Å². The van der Waals surface area contributed by atoms with Gasteiger partial charge in [0, 0.05) is 11.6 Å². The third-order valence-corrected chi connectivity index (χ3v) is 3.32. The van der Waals surface area contributed by atoms with Gasteiger partial charge in [0.05, 0.1) is 16.0 Å². The summed E-state index contributed by atoms with van der Waals surface area (Å²) in [4.78, 5) is 10.5. The van der Waals surface area contributed by atoms with Crippen molar-refractivity contribution in [1.82, 2.24) is 0 Å². The normalized spacial score (nSPS) is 12.0. The van der Waals surface area contributed by atoms with E-state index in [0.29, 0.717) is 17.7 Å². The minimum atomic E-state index is -0.706. The molecule has 0 fully saturated rings. The summed E-state index contributed by atoms with van der Waals surface area (Å²) in [5.74, 6) is 0.322. The highest BCUT2D eigenvalue weighted by Crippen LogP contribution is 2.40. The van der Waals surface area contributed by atoms with E-state index in [4.69, 9.17) is 16.3 Å². The molecule has 21 heavy (non-hydrogen) atoms. The van der Waals surface area contributed by atoms with Crippen LogP contribution in [0, 0.1) is 10.1 Å². The second-order valence-electron chi connectivity index (χ2n) is 4.41. The van der Waals surface area contributed by atoms with Gasteiger partial charge in [-0.1, -0.05) is 42.8 Å². The molecular weight excluding hydrogens is 294 g/mol. The Bertz CT molecular complexity index is 660. The van der Waals surface area contributed by atoms with Crippen molar-refractivity contribution in [1.29, 1.82) is 0 Å². The third-order valence-electron chi connectivity index (χ3n) is 3.02. The maximum Gasteiger partial charge on any atom is 0.313 e. The molecule has 0 saturated heterocycles. The molecule has 1 N–H and O–H groups in total. The van der Waals surface area contributed by atoms with E-state index in [0.717, 1.165) is 0 Å². The summed E-state index contributed by atoms with van der Waals surface area (Å²) in [6, 6.07) is 11.2. The number of halogens is 1. The van der Waals surface area contributed by atoms with Gasteiger partial charge in [0.25, 0.3) is 0 Å². The first kappa shape index (κ1) is 15.3. The summed E-state index contributed by atoms with van der Waals surface area (Å²) in [6.45, 7) is 1.83. The van der Waals surface area contributed by atoms with E-state index >= 15 is 0 Å². The standard InChI is InChI=1S/C15H14ClNO4/c1-2-13(18)10-6-3-4-9-14(10)21-15-11(16)7-5-8-12(15)17(19)20/h3-9,13,18H,2H2,1H3/t13-/m0/s1. The maximum absolute atomic E-state index is 11.1. The van der Waals surface area contributed by atoms with Crippen LogP contribution < -0.4 is 4.74 Å². The summed E-state index contributed by atoms with van der Waals surface area (Å²) in [7, 11) is 0. The molecule has 0 radical (unpaired) electrons. The van der Waals surface area contributed by atoms with Crippen LogP contribution in [0.1, 0.15) is 25.0 Å². The highest BCUT2D eigenvalue weighted by atomic mass is 35.5. The Hall–Kier alpha value is -2.11. The molecule has 0 unspecified atom stereocenters. The molecule has 2 aromatic carbocycles. The number of rotatable bonds is 5. The van der Waals surface area contributed by atoms with Crippen molar-refractivity contribution in [2.75, 3.05) is 0 Å². The highest BCUT2D eigenvalue weighted by molar-refractivity contribution is 6.32. The summed E-state index contributed by atoms with van der Waals surface area (Å²) in [5.41, 5.74) is 0.345. The van der Waals surface area contributed by atoms with Gasteiger partial charge in [-0.3, -0.25) is 10.1 Å². The van der Waals surface area contributed by atoms with Gasteiger partial charge in [-0.25, -0.2) is 0 Å². The van der Waals surface area contributed by atoms with Crippen LogP contribution in [-0.2, 0) is 0 Å². The van der Waals surface area contributed by atoms with Crippen molar-refractivity contribution >= 4 is 17.3 Å². The van der Waals surface area contributed by atoms with Gasteiger partial charge in [0.15, 0.2) is 0 Å². The number of nitro groups is 1. The largest absolute Gasteiger partial charge is 0.448 e. The van der Waals surface area contributed by atoms with E-state index in [1.54, 1.807) is 24.3 Å². The highest BCUT2D eigenvalue weighted by Gasteiger charge is 2.21. The molecule has 0 heterocycles. The van der Waals surface area contributed by atoms with E-state index in [9.17, 15) is 15.2 Å². The Labute approximate surface area is 126 Å². The molecule has 0 aromatic heterocycles. The van der Waals surface area contributed by atoms with Crippen LogP contribution in [0.25, 0.3) is 0 Å². The maximum atomic E-state index is 11.1. The molecule has 6 heteroatoms. The monoisotopic (exact) mass is 307 g/mol. The van der Waals surface area contributed by atoms with Gasteiger partial charge in [0.1, 0.15) is 5.75 Å². The van der Waals surface area contributed by atoms with Gasteiger partial charge in [-0.2, -0.15) is 0 Å². The number of aliphatic hydroxyl groups is 1. The molecule has 0 amide bonds. The third kappa shape index (κ3) is 3.32. The Balaban J connectivity index is 2.46. The summed E-state index contributed by atoms with van der Waals surface area (Å²) < 4.78 is 5.62. The van der Waals surface area contributed by atoms with Crippen molar-refractivity contribution in [2.24, 2.45) is 0 Å². The molecule has 5 nitrogen and oxygen atoms in total. The van der Waals surface area contributed by atoms with E-state index in [1.807, 2.05) is 6.92 Å². The molecule has 0 aliphatic carbocycles. The average Bonchev–Trinajstić information content (AvgIpc) is 2.48. The predicted octanol–water partition coefficient (Wildman–Crippen LogP) is 4.48. The second kappa shape index (κ2) is 6.56. The van der Waals surface area contributed by atoms with Gasteiger partial charge in [-0.15, -0.1) is 0 Å². The topological polar surface area (TPSA) is 72.6 Å². The minimum absolute atomic E-state index is 0.0279. The van der Waals surface area contributed by atoms with Crippen LogP contribution in [0.5, 0.6) is 11.5 Å². The Morgan fingerprint density at radius 2 is 2.00 bits per heavy atom. The fraction of sp³-hybridized carbons (Fsp3) is 0.200. The molecule has 1 atom stereocenters. The van der Waals surface area contributed by atoms with Gasteiger partial charge < -0.3 is 9.84 Å². The van der Waals surface area contributed by atoms with Crippen molar-refractivity contribution in [2.45, 2.75) is 19.4 Å². The SMILES string of the molecule is CC[C@H](O)c1ccccc1Oc1c(Cl)cccc1[N+](=O)[O-]. The molecular formula is C15H14ClNO4. The molecule has 2 aromatic rings. The predicted molar refractivity (Wildman–Crippen MR) is 79.9 cm³/mol. The van der Waals surface area contributed by atoms with Crippen LogP contribution in [0.3, 0.4) is 0 Å². The zero-order valence-corrected chi connectivity index (χ0v) is 12.1. The van der Waals surface area contributed by atoms with E-state index in [2.05, 4.69) is 0 Å². The van der Waals surface area contributed by atoms with Crippen LogP contribution in [0.2, 0.25) is 5.02 Å². The van der Waals surface area contributed by atoms with E-state index in [-0.39, 0.29) is 16.5 Å². The molecule has 0 aliphatic rings. The Kier molecular flexibility index (Phi) is 4.77. The number of aliphatic hydroxyl groups excluding tert-OH is 1. The van der Waals surface area contributed by atoms with Gasteiger partial charge in [-0.05, 0) is 18.6 Å². The first-order chi connectivity index (χ1) is 10.0. The van der Waals surface area contributed by atoms with Crippen LogP contribution in [0.15, 0.2) is 42.5 Å². The quantitative estimate of drug-likeness (QED) is 0.652. The van der Waals surface area contributed by atoms with Gasteiger partial charge in [0.2, 0.25) is 5.75 Å². The van der Waals surface area contributed by atoms with Crippen molar-refractivity contribution in [3.05, 3.63) is 63.2 Å². The lowest BCUT2D eigenvalue weighted by Gasteiger charge is -2.15. The number of hydrogen-bond acceptors (Lipinski definition) is 4. The van der Waals surface area contributed by atoms with E-state index < -0.39 is 11.0 Å². The van der Waals surface area contributed by atoms with Crippen LogP contribution >= 0.6 is 11.6 Å². The first-order valence-electron chi connectivity index (χ1n) is 6.42. The number of nitro benzene ring substituents is 1. The molecule has 2 rings (SSSR count). The fourth-order valence-corrected chi connectivity index (χ4v) is 2.13. The average molecular weight is 308 g/mol. The number of hydrogen-bond donors (Lipinski definition) is 1. The lowest BCUT2D eigenvalue weighted by Crippen LogP contribution is -2.00. The van der Waals surface area contributed by atoms with Crippen LogP contribution in [0.4, 0.5) is 5.69 Å². The zero-order chi connectivity index (χ0) is 15.4. The molecule has 0 aliphatic heterocycles. The number of para-hydroxylation sites is 2. The summed E-state index contributed by atoms with van der Waals surface area (Å²) >= 11 is 6.00.